The summed E-state index contributed by atoms with van der Waals surface area (Å²) in [6, 6.07) is -0.546. The highest BCUT2D eigenvalue weighted by Crippen LogP contribution is 2.20. The summed E-state index contributed by atoms with van der Waals surface area (Å²) < 4.78 is 5.50. The Morgan fingerprint density at radius 2 is 0.595 bits per heavy atom. The van der Waals surface area contributed by atoms with Gasteiger partial charge < -0.3 is 20.3 Å². The van der Waals surface area contributed by atoms with Crippen molar-refractivity contribution in [2.24, 2.45) is 0 Å². The third-order valence-corrected chi connectivity index (χ3v) is 18.3. The van der Waals surface area contributed by atoms with Crippen molar-refractivity contribution in [3.8, 4) is 0 Å². The maximum atomic E-state index is 12.6. The van der Waals surface area contributed by atoms with E-state index in [9.17, 15) is 19.8 Å². The smallest absolute Gasteiger partial charge is 0.305 e. The fraction of sp³-hybridized carbons (Fsp3) is 0.923. The fourth-order valence-corrected chi connectivity index (χ4v) is 12.4. The summed E-state index contributed by atoms with van der Waals surface area (Å²) in [6.45, 7) is 5.00. The lowest BCUT2D eigenvalue weighted by Crippen LogP contribution is -2.45. The molecule has 0 saturated carbocycles. The van der Waals surface area contributed by atoms with Gasteiger partial charge in [-0.3, -0.25) is 9.59 Å². The van der Waals surface area contributed by atoms with E-state index in [1.54, 1.807) is 0 Å². The molecule has 0 radical (unpaired) electrons. The van der Waals surface area contributed by atoms with Crippen molar-refractivity contribution in [2.75, 3.05) is 13.2 Å². The van der Waals surface area contributed by atoms with Gasteiger partial charge >= 0.3 is 5.97 Å². The first kappa shape index (κ1) is 82.3. The van der Waals surface area contributed by atoms with E-state index < -0.39 is 12.1 Å². The van der Waals surface area contributed by atoms with E-state index in [1.807, 2.05) is 0 Å². The third kappa shape index (κ3) is 69.4. The van der Waals surface area contributed by atoms with Crippen LogP contribution in [0.3, 0.4) is 0 Å². The van der Waals surface area contributed by atoms with Crippen LogP contribution < -0.4 is 5.32 Å². The van der Waals surface area contributed by atoms with E-state index >= 15 is 0 Å². The van der Waals surface area contributed by atoms with Gasteiger partial charge in [0.2, 0.25) is 5.91 Å². The maximum Gasteiger partial charge on any atom is 0.305 e. The van der Waals surface area contributed by atoms with Gasteiger partial charge in [0.1, 0.15) is 0 Å². The highest BCUT2D eigenvalue weighted by molar-refractivity contribution is 5.76. The molecule has 0 heterocycles. The van der Waals surface area contributed by atoms with Crippen molar-refractivity contribution >= 4 is 11.9 Å². The lowest BCUT2D eigenvalue weighted by molar-refractivity contribution is -0.143. The van der Waals surface area contributed by atoms with Gasteiger partial charge in [0.05, 0.1) is 25.4 Å². The van der Waals surface area contributed by atoms with E-state index in [0.717, 1.165) is 44.9 Å². The first-order valence-corrected chi connectivity index (χ1v) is 38.6. The summed E-state index contributed by atoms with van der Waals surface area (Å²) in [5, 5.41) is 23.5. The molecule has 1 amide bonds. The summed E-state index contributed by atoms with van der Waals surface area (Å²) in [7, 11) is 0. The Morgan fingerprint density at radius 3 is 0.905 bits per heavy atom. The molecule has 6 nitrogen and oxygen atoms in total. The largest absolute Gasteiger partial charge is 0.466 e. The van der Waals surface area contributed by atoms with Crippen molar-refractivity contribution in [3.63, 3.8) is 0 Å². The molecule has 0 rings (SSSR count). The number of rotatable bonds is 73. The zero-order valence-corrected chi connectivity index (χ0v) is 57.2. The minimum atomic E-state index is -0.668. The van der Waals surface area contributed by atoms with E-state index in [2.05, 4.69) is 43.5 Å². The summed E-state index contributed by atoms with van der Waals surface area (Å²) in [5.41, 5.74) is 0. The first-order valence-electron chi connectivity index (χ1n) is 38.6. The number of amides is 1. The second-order valence-corrected chi connectivity index (χ2v) is 26.7. The van der Waals surface area contributed by atoms with Gasteiger partial charge in [0.25, 0.3) is 0 Å². The van der Waals surface area contributed by atoms with E-state index in [1.165, 1.54) is 360 Å². The van der Waals surface area contributed by atoms with Crippen LogP contribution in [0.4, 0.5) is 0 Å². The first-order chi connectivity index (χ1) is 41.5. The van der Waals surface area contributed by atoms with Crippen LogP contribution in [0.2, 0.25) is 0 Å². The molecule has 84 heavy (non-hydrogen) atoms. The van der Waals surface area contributed by atoms with Gasteiger partial charge in [-0.2, -0.15) is 0 Å². The second-order valence-electron chi connectivity index (χ2n) is 26.7. The molecule has 0 aromatic carbocycles. The van der Waals surface area contributed by atoms with Gasteiger partial charge in [-0.1, -0.05) is 391 Å². The zero-order chi connectivity index (χ0) is 60.6. The zero-order valence-electron chi connectivity index (χ0n) is 57.2. The molecule has 2 unspecified atom stereocenters. The summed E-state index contributed by atoms with van der Waals surface area (Å²) in [4.78, 5) is 24.7. The molecule has 0 aromatic heterocycles. The lowest BCUT2D eigenvalue weighted by atomic mass is 10.0. The lowest BCUT2D eigenvalue weighted by Gasteiger charge is -2.22. The normalized spacial score (nSPS) is 12.6. The number of allylic oxidation sites excluding steroid dienone is 4. The third-order valence-electron chi connectivity index (χ3n) is 18.3. The van der Waals surface area contributed by atoms with Gasteiger partial charge in [-0.15, -0.1) is 0 Å². The predicted molar refractivity (Wildman–Crippen MR) is 370 cm³/mol. The average molecular weight is 1180 g/mol. The predicted octanol–water partition coefficient (Wildman–Crippen LogP) is 25.3. The number of hydrogen-bond acceptors (Lipinski definition) is 5. The standard InChI is InChI=1S/C78H151NO5/c1-3-5-7-9-11-13-15-17-19-20-21-22-23-27-30-33-36-39-43-46-50-54-58-62-66-70-76(81)75(74-80)79-77(82)71-67-63-59-55-51-47-44-40-37-34-31-28-25-24-26-29-32-35-38-41-45-49-53-57-61-65-69-73-84-78(83)72-68-64-60-56-52-48-42-18-16-14-12-10-8-6-4-2/h24-25,29,32,75-76,80-81H,3-23,26-28,30-31,33-74H2,1-2H3,(H,79,82)/b25-24-,32-29-. The molecule has 0 aromatic rings. The maximum absolute atomic E-state index is 12.6. The van der Waals surface area contributed by atoms with Gasteiger partial charge in [-0.25, -0.2) is 0 Å². The van der Waals surface area contributed by atoms with Crippen LogP contribution in [0.1, 0.15) is 438 Å². The number of carbonyl (C=O) groups is 2. The molecule has 0 saturated heterocycles. The number of ether oxygens (including phenoxy) is 1. The van der Waals surface area contributed by atoms with Crippen LogP contribution >= 0.6 is 0 Å². The van der Waals surface area contributed by atoms with Crippen molar-refractivity contribution < 1.29 is 24.5 Å². The summed E-state index contributed by atoms with van der Waals surface area (Å²) >= 11 is 0. The van der Waals surface area contributed by atoms with Crippen molar-refractivity contribution in [2.45, 2.75) is 450 Å². The highest BCUT2D eigenvalue weighted by atomic mass is 16.5. The molecule has 0 aliphatic rings. The molecule has 3 N–H and O–H groups in total. The van der Waals surface area contributed by atoms with Crippen LogP contribution in [-0.4, -0.2) is 47.4 Å². The fourth-order valence-electron chi connectivity index (χ4n) is 12.4. The van der Waals surface area contributed by atoms with Crippen LogP contribution in [0.5, 0.6) is 0 Å². The highest BCUT2D eigenvalue weighted by Gasteiger charge is 2.20. The van der Waals surface area contributed by atoms with Gasteiger partial charge in [0.15, 0.2) is 0 Å². The minimum Gasteiger partial charge on any atom is -0.466 e. The molecule has 6 heteroatoms. The Kier molecular flexibility index (Phi) is 72.3. The molecule has 498 valence electrons. The molecule has 0 aliphatic heterocycles. The number of esters is 1. The number of hydrogen-bond donors (Lipinski definition) is 3. The number of nitrogens with one attached hydrogen (secondary N) is 1. The van der Waals surface area contributed by atoms with Crippen molar-refractivity contribution in [1.29, 1.82) is 0 Å². The molecular formula is C78H151NO5. The molecular weight excluding hydrogens is 1030 g/mol. The Morgan fingerprint density at radius 1 is 0.333 bits per heavy atom. The average Bonchev–Trinajstić information content (AvgIpc) is 3.53. The number of aliphatic hydroxyl groups excluding tert-OH is 2. The van der Waals surface area contributed by atoms with Crippen LogP contribution in [0.25, 0.3) is 0 Å². The molecule has 0 fully saturated rings. The number of carbonyl (C=O) groups excluding carboxylic acids is 2. The Bertz CT molecular complexity index is 1320. The monoisotopic (exact) mass is 1180 g/mol. The summed E-state index contributed by atoms with van der Waals surface area (Å²) in [5.74, 6) is -0.0180. The van der Waals surface area contributed by atoms with Crippen molar-refractivity contribution in [3.05, 3.63) is 24.3 Å². The Hall–Kier alpha value is -1.66. The Labute approximate surface area is 526 Å². The number of aliphatic hydroxyl groups is 2. The van der Waals surface area contributed by atoms with Crippen LogP contribution in [0, 0.1) is 0 Å². The van der Waals surface area contributed by atoms with Crippen LogP contribution in [-0.2, 0) is 14.3 Å². The van der Waals surface area contributed by atoms with Gasteiger partial charge in [-0.05, 0) is 57.8 Å². The van der Waals surface area contributed by atoms with Crippen LogP contribution in [0.15, 0.2) is 24.3 Å². The van der Waals surface area contributed by atoms with Gasteiger partial charge in [0, 0.05) is 12.8 Å². The van der Waals surface area contributed by atoms with E-state index in [0.29, 0.717) is 25.9 Å². The summed E-state index contributed by atoms with van der Waals surface area (Å²) in [6.07, 6.45) is 93.9. The minimum absolute atomic E-state index is 0.0147. The van der Waals surface area contributed by atoms with E-state index in [-0.39, 0.29) is 18.5 Å². The van der Waals surface area contributed by atoms with Crippen molar-refractivity contribution in [1.82, 2.24) is 5.32 Å². The molecule has 2 atom stereocenters. The quantitative estimate of drug-likeness (QED) is 0.0320. The molecule has 0 aliphatic carbocycles. The molecule has 0 spiro atoms. The second kappa shape index (κ2) is 73.8. The Balaban J connectivity index is 3.40. The topological polar surface area (TPSA) is 95.9 Å². The number of unbranched alkanes of at least 4 members (excludes halogenated alkanes) is 58. The SMILES string of the molecule is CCCCCCCCCCCCCCCCCCCCCCCCCCCC(O)C(CO)NC(=O)CCCCCCCCCCCCC/C=C\C/C=C\CCCCCCCCCCCOC(=O)CCCCCCCCCCCCCCCCC. The molecule has 0 bridgehead atoms. The van der Waals surface area contributed by atoms with E-state index in [4.69, 9.17) is 4.74 Å².